The zero-order valence-corrected chi connectivity index (χ0v) is 12.4. The maximum absolute atomic E-state index is 12.2. The lowest BCUT2D eigenvalue weighted by atomic mass is 10.1. The molecule has 0 aliphatic carbocycles. The number of nitrogens with one attached hydrogen (secondary N) is 1. The van der Waals surface area contributed by atoms with Crippen LogP contribution in [0.25, 0.3) is 20.4 Å². The van der Waals surface area contributed by atoms with Gasteiger partial charge in [-0.1, -0.05) is 0 Å². The lowest BCUT2D eigenvalue weighted by Gasteiger charge is -2.02. The van der Waals surface area contributed by atoms with E-state index in [2.05, 4.69) is 15.0 Å². The Kier molecular flexibility index (Phi) is 3.27. The van der Waals surface area contributed by atoms with Crippen LogP contribution in [0.5, 0.6) is 0 Å². The molecular weight excluding hydrogens is 274 g/mol. The number of aryl methyl sites for hydroxylation is 2. The maximum Gasteiger partial charge on any atom is 0.269 e. The molecule has 1 N–H and O–H groups in total. The van der Waals surface area contributed by atoms with Crippen LogP contribution < -0.4 is 5.56 Å². The summed E-state index contributed by atoms with van der Waals surface area (Å²) in [5.74, 6) is 0.559. The van der Waals surface area contributed by atoms with Crippen molar-refractivity contribution in [1.82, 2.24) is 15.0 Å². The van der Waals surface area contributed by atoms with Crippen molar-refractivity contribution in [1.29, 1.82) is 0 Å². The minimum Gasteiger partial charge on any atom is -0.374 e. The van der Waals surface area contributed by atoms with E-state index in [-0.39, 0.29) is 5.56 Å². The van der Waals surface area contributed by atoms with Crippen molar-refractivity contribution >= 4 is 31.8 Å². The normalized spacial score (nSPS) is 11.6. The lowest BCUT2D eigenvalue weighted by Crippen LogP contribution is -2.11. The Bertz CT molecular complexity index is 851. The highest BCUT2D eigenvalue weighted by Gasteiger charge is 2.14. The van der Waals surface area contributed by atoms with Gasteiger partial charge in [-0.3, -0.25) is 4.79 Å². The fraction of sp³-hybridized carbons (Fsp3) is 0.357. The molecule has 0 unspecified atom stereocenters. The number of pyridine rings is 1. The molecule has 3 aromatic rings. The molecule has 0 atom stereocenters. The predicted molar refractivity (Wildman–Crippen MR) is 80.3 cm³/mol. The van der Waals surface area contributed by atoms with Gasteiger partial charge in [0.25, 0.3) is 5.56 Å². The highest BCUT2D eigenvalue weighted by atomic mass is 32.1. The van der Waals surface area contributed by atoms with Gasteiger partial charge >= 0.3 is 0 Å². The minimum atomic E-state index is -0.121. The molecule has 0 aromatic carbocycles. The largest absolute Gasteiger partial charge is 0.374 e. The summed E-state index contributed by atoms with van der Waals surface area (Å²) in [5.41, 5.74) is 2.66. The topological polar surface area (TPSA) is 67.9 Å². The van der Waals surface area contributed by atoms with E-state index in [0.29, 0.717) is 23.7 Å². The smallest absolute Gasteiger partial charge is 0.269 e. The fourth-order valence-corrected chi connectivity index (χ4v) is 3.43. The second-order valence-electron chi connectivity index (χ2n) is 4.69. The average molecular weight is 289 g/mol. The zero-order valence-electron chi connectivity index (χ0n) is 11.6. The molecule has 5 nitrogen and oxygen atoms in total. The monoisotopic (exact) mass is 289 g/mol. The molecule has 0 bridgehead atoms. The van der Waals surface area contributed by atoms with Crippen LogP contribution in [0.1, 0.15) is 24.0 Å². The molecular formula is C14H15N3O2S. The minimum absolute atomic E-state index is 0.121. The maximum atomic E-state index is 12.2. The van der Waals surface area contributed by atoms with Gasteiger partial charge in [-0.2, -0.15) is 0 Å². The first-order valence-corrected chi connectivity index (χ1v) is 7.29. The third-order valence-electron chi connectivity index (χ3n) is 3.12. The van der Waals surface area contributed by atoms with Crippen LogP contribution in [0.3, 0.4) is 0 Å². The van der Waals surface area contributed by atoms with Crippen LogP contribution in [-0.2, 0) is 11.3 Å². The summed E-state index contributed by atoms with van der Waals surface area (Å²) in [6.07, 6.45) is 0. The van der Waals surface area contributed by atoms with Crippen LogP contribution in [0.15, 0.2) is 10.9 Å². The third kappa shape index (κ3) is 2.10. The molecule has 0 fully saturated rings. The Balaban J connectivity index is 2.33. The summed E-state index contributed by atoms with van der Waals surface area (Å²) in [4.78, 5) is 24.8. The van der Waals surface area contributed by atoms with Gasteiger partial charge in [-0.15, -0.1) is 11.3 Å². The molecule has 3 aromatic heterocycles. The Morgan fingerprint density at radius 3 is 2.90 bits per heavy atom. The number of H-pyrrole nitrogens is 1. The number of rotatable bonds is 3. The van der Waals surface area contributed by atoms with Crippen molar-refractivity contribution < 1.29 is 4.74 Å². The zero-order chi connectivity index (χ0) is 14.3. The highest BCUT2D eigenvalue weighted by Crippen LogP contribution is 2.31. The molecule has 3 rings (SSSR count). The first-order valence-electron chi connectivity index (χ1n) is 6.47. The van der Waals surface area contributed by atoms with E-state index in [4.69, 9.17) is 4.74 Å². The molecule has 0 spiro atoms. The van der Waals surface area contributed by atoms with Gasteiger partial charge in [0, 0.05) is 17.7 Å². The molecule has 3 heterocycles. The number of fused-ring (bicyclic) bond motifs is 3. The second-order valence-corrected chi connectivity index (χ2v) is 5.69. The molecule has 0 aliphatic rings. The average Bonchev–Trinajstić information content (AvgIpc) is 2.75. The van der Waals surface area contributed by atoms with Crippen molar-refractivity contribution in [3.05, 3.63) is 33.5 Å². The summed E-state index contributed by atoms with van der Waals surface area (Å²) < 4.78 is 5.94. The summed E-state index contributed by atoms with van der Waals surface area (Å²) in [6, 6.07) is 2.01. The fourth-order valence-electron chi connectivity index (χ4n) is 2.30. The summed E-state index contributed by atoms with van der Waals surface area (Å²) in [7, 11) is 0. The Morgan fingerprint density at radius 1 is 1.35 bits per heavy atom. The third-order valence-corrected chi connectivity index (χ3v) is 4.19. The summed E-state index contributed by atoms with van der Waals surface area (Å²) in [5, 5.41) is 0.972. The molecule has 6 heteroatoms. The number of aromatic nitrogens is 3. The van der Waals surface area contributed by atoms with Crippen molar-refractivity contribution in [3.8, 4) is 0 Å². The van der Waals surface area contributed by atoms with E-state index in [9.17, 15) is 4.79 Å². The van der Waals surface area contributed by atoms with Crippen LogP contribution in [-0.4, -0.2) is 21.6 Å². The van der Waals surface area contributed by atoms with E-state index < -0.39 is 0 Å². The van der Waals surface area contributed by atoms with Crippen molar-refractivity contribution in [2.75, 3.05) is 6.61 Å². The lowest BCUT2D eigenvalue weighted by molar-refractivity contribution is 0.128. The van der Waals surface area contributed by atoms with Gasteiger partial charge in [0.2, 0.25) is 0 Å². The van der Waals surface area contributed by atoms with E-state index in [1.165, 1.54) is 11.3 Å². The van der Waals surface area contributed by atoms with Crippen molar-refractivity contribution in [2.24, 2.45) is 0 Å². The van der Waals surface area contributed by atoms with Gasteiger partial charge < -0.3 is 9.72 Å². The first kappa shape index (κ1) is 13.2. The molecule has 20 heavy (non-hydrogen) atoms. The molecule has 0 aliphatic heterocycles. The summed E-state index contributed by atoms with van der Waals surface area (Å²) >= 11 is 1.39. The molecule has 0 radical (unpaired) electrons. The standard InChI is InChI=1S/C14H15N3O2S/c1-4-19-6-9-16-11-10-7(2)5-8(3)15-14(10)20-12(11)13(18)17-9/h5H,4,6H2,1-3H3,(H,16,17,18). The quantitative estimate of drug-likeness (QED) is 0.805. The van der Waals surface area contributed by atoms with E-state index >= 15 is 0 Å². The van der Waals surface area contributed by atoms with Gasteiger partial charge in [0.15, 0.2) is 0 Å². The molecule has 0 amide bonds. The number of ether oxygens (including phenoxy) is 1. The summed E-state index contributed by atoms with van der Waals surface area (Å²) in [6.45, 7) is 6.79. The second kappa shape index (κ2) is 4.96. The van der Waals surface area contributed by atoms with Crippen LogP contribution in [0, 0.1) is 13.8 Å². The van der Waals surface area contributed by atoms with Crippen molar-refractivity contribution in [2.45, 2.75) is 27.4 Å². The SMILES string of the molecule is CCOCc1nc2c(sc3nc(C)cc(C)c32)c(=O)[nH]1. The molecule has 104 valence electrons. The first-order chi connectivity index (χ1) is 9.60. The van der Waals surface area contributed by atoms with Gasteiger partial charge in [0.05, 0.1) is 5.52 Å². The molecule has 0 saturated heterocycles. The Labute approximate surface area is 119 Å². The van der Waals surface area contributed by atoms with Crippen LogP contribution >= 0.6 is 11.3 Å². The van der Waals surface area contributed by atoms with E-state index in [1.54, 1.807) is 0 Å². The van der Waals surface area contributed by atoms with Gasteiger partial charge in [-0.25, -0.2) is 9.97 Å². The predicted octanol–water partition coefficient (Wildman–Crippen LogP) is 2.69. The number of nitrogens with zero attached hydrogens (tertiary/aromatic N) is 2. The number of aromatic amines is 1. The number of thiophene rings is 1. The number of hydrogen-bond acceptors (Lipinski definition) is 5. The van der Waals surface area contributed by atoms with Gasteiger partial charge in [0.1, 0.15) is 22.0 Å². The van der Waals surface area contributed by atoms with Crippen LogP contribution in [0.2, 0.25) is 0 Å². The van der Waals surface area contributed by atoms with Crippen molar-refractivity contribution in [3.63, 3.8) is 0 Å². The Hall–Kier alpha value is -1.79. The van der Waals surface area contributed by atoms with Crippen LogP contribution in [0.4, 0.5) is 0 Å². The van der Waals surface area contributed by atoms with E-state index in [0.717, 1.165) is 27.0 Å². The van der Waals surface area contributed by atoms with E-state index in [1.807, 2.05) is 26.8 Å². The molecule has 0 saturated carbocycles. The number of hydrogen-bond donors (Lipinski definition) is 1. The Morgan fingerprint density at radius 2 is 2.15 bits per heavy atom. The highest BCUT2D eigenvalue weighted by molar-refractivity contribution is 7.25. The van der Waals surface area contributed by atoms with Gasteiger partial charge in [-0.05, 0) is 32.4 Å².